The molecule has 0 amide bonds. The van der Waals surface area contributed by atoms with Crippen molar-refractivity contribution in [3.05, 3.63) is 54.1 Å². The summed E-state index contributed by atoms with van der Waals surface area (Å²) in [6, 6.07) is 10.3. The number of hydrogen-bond donors (Lipinski definition) is 1. The average Bonchev–Trinajstić information content (AvgIpc) is 2.40. The maximum atomic E-state index is 12.7. The minimum Gasteiger partial charge on any atom is -0.349 e. The predicted octanol–water partition coefficient (Wildman–Crippen LogP) is 3.44. The average molecular weight is 259 g/mol. The van der Waals surface area contributed by atoms with Gasteiger partial charge in [0.2, 0.25) is 5.95 Å². The van der Waals surface area contributed by atoms with Gasteiger partial charge in [-0.1, -0.05) is 30.3 Å². The molecule has 0 saturated heterocycles. The van der Waals surface area contributed by atoms with Gasteiger partial charge in [-0.05, 0) is 32.3 Å². The molecule has 0 aliphatic carbocycles. The van der Waals surface area contributed by atoms with E-state index in [1.165, 1.54) is 18.0 Å². The topological polar surface area (TPSA) is 37.8 Å². The van der Waals surface area contributed by atoms with Crippen molar-refractivity contribution in [1.82, 2.24) is 9.97 Å². The second-order valence-corrected chi connectivity index (χ2v) is 5.22. The zero-order chi connectivity index (χ0) is 13.7. The van der Waals surface area contributed by atoms with Gasteiger partial charge in [0.1, 0.15) is 0 Å². The minimum absolute atomic E-state index is 0.145. The molecule has 0 spiro atoms. The number of aromatic nitrogens is 2. The van der Waals surface area contributed by atoms with Crippen LogP contribution in [0.15, 0.2) is 42.7 Å². The van der Waals surface area contributed by atoms with E-state index in [2.05, 4.69) is 41.3 Å². The van der Waals surface area contributed by atoms with Crippen LogP contribution in [-0.2, 0) is 6.42 Å². The van der Waals surface area contributed by atoms with E-state index in [9.17, 15) is 4.39 Å². The Morgan fingerprint density at radius 1 is 1.11 bits per heavy atom. The normalized spacial score (nSPS) is 11.3. The lowest BCUT2D eigenvalue weighted by Crippen LogP contribution is -2.32. The summed E-state index contributed by atoms with van der Waals surface area (Å²) >= 11 is 0. The molecule has 0 unspecified atom stereocenters. The molecule has 0 bridgehead atoms. The summed E-state index contributed by atoms with van der Waals surface area (Å²) in [7, 11) is 0. The molecular formula is C15H18FN3. The Morgan fingerprint density at radius 2 is 1.74 bits per heavy atom. The Kier molecular flexibility index (Phi) is 4.10. The lowest BCUT2D eigenvalue weighted by Gasteiger charge is -2.26. The van der Waals surface area contributed by atoms with Gasteiger partial charge in [0.05, 0.1) is 12.4 Å². The van der Waals surface area contributed by atoms with Gasteiger partial charge >= 0.3 is 0 Å². The molecule has 100 valence electrons. The van der Waals surface area contributed by atoms with Crippen LogP contribution in [0.1, 0.15) is 25.8 Å². The molecule has 2 rings (SSSR count). The van der Waals surface area contributed by atoms with E-state index in [4.69, 9.17) is 0 Å². The zero-order valence-corrected chi connectivity index (χ0v) is 11.2. The second-order valence-electron chi connectivity index (χ2n) is 5.22. The van der Waals surface area contributed by atoms with Crippen LogP contribution in [-0.4, -0.2) is 15.5 Å². The maximum absolute atomic E-state index is 12.7. The van der Waals surface area contributed by atoms with Crippen molar-refractivity contribution in [2.75, 3.05) is 5.32 Å². The van der Waals surface area contributed by atoms with Crippen LogP contribution < -0.4 is 5.32 Å². The lowest BCUT2D eigenvalue weighted by molar-refractivity contribution is 0.512. The Balaban J connectivity index is 1.93. The Labute approximate surface area is 112 Å². The van der Waals surface area contributed by atoms with Crippen molar-refractivity contribution in [2.24, 2.45) is 0 Å². The van der Waals surface area contributed by atoms with Gasteiger partial charge < -0.3 is 5.32 Å². The van der Waals surface area contributed by atoms with Crippen LogP contribution in [0.5, 0.6) is 0 Å². The lowest BCUT2D eigenvalue weighted by atomic mass is 9.95. The molecule has 1 aromatic carbocycles. The van der Waals surface area contributed by atoms with Crippen LogP contribution in [0, 0.1) is 5.82 Å². The SMILES string of the molecule is CC(C)(CCc1ccccc1)Nc1ncc(F)cn1. The largest absolute Gasteiger partial charge is 0.349 e. The number of nitrogens with one attached hydrogen (secondary N) is 1. The van der Waals surface area contributed by atoms with Crippen molar-refractivity contribution in [3.8, 4) is 0 Å². The van der Waals surface area contributed by atoms with Crippen LogP contribution in [0.4, 0.5) is 10.3 Å². The van der Waals surface area contributed by atoms with Crippen LogP contribution in [0.25, 0.3) is 0 Å². The number of benzene rings is 1. The fraction of sp³-hybridized carbons (Fsp3) is 0.333. The third-order valence-electron chi connectivity index (χ3n) is 2.95. The fourth-order valence-electron chi connectivity index (χ4n) is 1.84. The molecule has 0 fully saturated rings. The third-order valence-corrected chi connectivity index (χ3v) is 2.95. The second kappa shape index (κ2) is 5.78. The van der Waals surface area contributed by atoms with E-state index < -0.39 is 5.82 Å². The number of nitrogens with zero attached hydrogens (tertiary/aromatic N) is 2. The molecule has 0 radical (unpaired) electrons. The number of aryl methyl sites for hydroxylation is 1. The first kappa shape index (κ1) is 13.5. The van der Waals surface area contributed by atoms with Crippen LogP contribution >= 0.6 is 0 Å². The molecule has 4 heteroatoms. The van der Waals surface area contributed by atoms with E-state index in [1.807, 2.05) is 18.2 Å². The quantitative estimate of drug-likeness (QED) is 0.893. The highest BCUT2D eigenvalue weighted by molar-refractivity contribution is 5.27. The van der Waals surface area contributed by atoms with Crippen molar-refractivity contribution in [1.29, 1.82) is 0 Å². The Morgan fingerprint density at radius 3 is 2.37 bits per heavy atom. The zero-order valence-electron chi connectivity index (χ0n) is 11.2. The fourth-order valence-corrected chi connectivity index (χ4v) is 1.84. The summed E-state index contributed by atoms with van der Waals surface area (Å²) in [6.45, 7) is 4.17. The molecule has 1 heterocycles. The number of hydrogen-bond acceptors (Lipinski definition) is 3. The first-order valence-corrected chi connectivity index (χ1v) is 6.35. The molecule has 1 N–H and O–H groups in total. The highest BCUT2D eigenvalue weighted by Gasteiger charge is 2.18. The van der Waals surface area contributed by atoms with Gasteiger partial charge in [-0.3, -0.25) is 0 Å². The van der Waals surface area contributed by atoms with Gasteiger partial charge in [0.25, 0.3) is 0 Å². The van der Waals surface area contributed by atoms with E-state index >= 15 is 0 Å². The maximum Gasteiger partial charge on any atom is 0.223 e. The predicted molar refractivity (Wildman–Crippen MR) is 74.5 cm³/mol. The highest BCUT2D eigenvalue weighted by atomic mass is 19.1. The van der Waals surface area contributed by atoms with Crippen LogP contribution in [0.3, 0.4) is 0 Å². The first-order valence-electron chi connectivity index (χ1n) is 6.35. The standard InChI is InChI=1S/C15H18FN3/c1-15(2,9-8-12-6-4-3-5-7-12)19-14-17-10-13(16)11-18-14/h3-7,10-11H,8-9H2,1-2H3,(H,17,18,19). The number of halogens is 1. The summed E-state index contributed by atoms with van der Waals surface area (Å²) in [5.74, 6) is 0.0344. The van der Waals surface area contributed by atoms with Crippen molar-refractivity contribution in [3.63, 3.8) is 0 Å². The molecule has 2 aromatic rings. The van der Waals surface area contributed by atoms with E-state index in [1.54, 1.807) is 0 Å². The summed E-state index contributed by atoms with van der Waals surface area (Å²) in [6.07, 6.45) is 4.25. The Hall–Kier alpha value is -1.97. The summed E-state index contributed by atoms with van der Waals surface area (Å²) in [5, 5.41) is 3.23. The van der Waals surface area contributed by atoms with Gasteiger partial charge in [0.15, 0.2) is 5.82 Å². The van der Waals surface area contributed by atoms with Crippen molar-refractivity contribution < 1.29 is 4.39 Å². The van der Waals surface area contributed by atoms with Gasteiger partial charge in [0, 0.05) is 5.54 Å². The Bertz CT molecular complexity index is 509. The van der Waals surface area contributed by atoms with Crippen LogP contribution in [0.2, 0.25) is 0 Å². The molecular weight excluding hydrogens is 241 g/mol. The van der Waals surface area contributed by atoms with Gasteiger partial charge in [-0.25, -0.2) is 14.4 Å². The van der Waals surface area contributed by atoms with Gasteiger partial charge in [-0.2, -0.15) is 0 Å². The van der Waals surface area contributed by atoms with E-state index in [-0.39, 0.29) is 5.54 Å². The molecule has 0 atom stereocenters. The molecule has 1 aromatic heterocycles. The first-order chi connectivity index (χ1) is 9.05. The molecule has 0 aliphatic rings. The van der Waals surface area contributed by atoms with Gasteiger partial charge in [-0.15, -0.1) is 0 Å². The molecule has 0 saturated carbocycles. The minimum atomic E-state index is -0.423. The van der Waals surface area contributed by atoms with E-state index in [0.29, 0.717) is 5.95 Å². The third kappa shape index (κ3) is 4.32. The van der Waals surface area contributed by atoms with E-state index in [0.717, 1.165) is 12.8 Å². The summed E-state index contributed by atoms with van der Waals surface area (Å²) in [4.78, 5) is 7.84. The number of anilines is 1. The molecule has 19 heavy (non-hydrogen) atoms. The summed E-state index contributed by atoms with van der Waals surface area (Å²) < 4.78 is 12.7. The van der Waals surface area contributed by atoms with Crippen molar-refractivity contribution in [2.45, 2.75) is 32.2 Å². The number of rotatable bonds is 5. The highest BCUT2D eigenvalue weighted by Crippen LogP contribution is 2.17. The smallest absolute Gasteiger partial charge is 0.223 e. The summed E-state index contributed by atoms with van der Waals surface area (Å²) in [5.41, 5.74) is 1.16. The van der Waals surface area contributed by atoms with Crippen molar-refractivity contribution >= 4 is 5.95 Å². The molecule has 0 aliphatic heterocycles. The molecule has 3 nitrogen and oxygen atoms in total. The monoisotopic (exact) mass is 259 g/mol.